The summed E-state index contributed by atoms with van der Waals surface area (Å²) in [6.45, 7) is 4.13. The molecule has 182 valence electrons. The summed E-state index contributed by atoms with van der Waals surface area (Å²) in [4.78, 5) is 25.1. The highest BCUT2D eigenvalue weighted by Crippen LogP contribution is 2.16. The maximum absolute atomic E-state index is 12.6. The first kappa shape index (κ1) is 25.8. The summed E-state index contributed by atoms with van der Waals surface area (Å²) in [6, 6.07) is 20.7. The molecule has 0 heterocycles. The Kier molecular flexibility index (Phi) is 9.26. The Morgan fingerprint density at radius 3 is 2.17 bits per heavy atom. The monoisotopic (exact) mass is 493 g/mol. The van der Waals surface area contributed by atoms with Crippen LogP contribution in [0.3, 0.4) is 0 Å². The van der Waals surface area contributed by atoms with E-state index in [0.717, 1.165) is 16.9 Å². The van der Waals surface area contributed by atoms with Crippen LogP contribution < -0.4 is 20.2 Å². The zero-order valence-electron chi connectivity index (χ0n) is 19.8. The number of nitrogens with one attached hydrogen (secondary N) is 2. The molecule has 7 nitrogen and oxygen atoms in total. The van der Waals surface area contributed by atoms with E-state index in [-0.39, 0.29) is 11.8 Å². The van der Waals surface area contributed by atoms with Crippen molar-refractivity contribution in [1.82, 2.24) is 10.7 Å². The normalized spacial score (nSPS) is 11.8. The minimum atomic E-state index is -0.746. The quantitative estimate of drug-likeness (QED) is 0.312. The number of hydrogen-bond acceptors (Lipinski definition) is 5. The molecule has 0 fully saturated rings. The second-order valence-corrected chi connectivity index (χ2v) is 8.58. The number of ether oxygens (including phenoxy) is 2. The van der Waals surface area contributed by atoms with E-state index in [1.165, 1.54) is 6.21 Å². The van der Waals surface area contributed by atoms with Gasteiger partial charge in [0.15, 0.2) is 0 Å². The lowest BCUT2D eigenvalue weighted by Gasteiger charge is -2.20. The van der Waals surface area contributed by atoms with Crippen molar-refractivity contribution in [2.24, 2.45) is 11.0 Å². The smallest absolute Gasteiger partial charge is 0.262 e. The van der Waals surface area contributed by atoms with E-state index in [9.17, 15) is 9.59 Å². The Hall–Kier alpha value is -3.84. The van der Waals surface area contributed by atoms with Gasteiger partial charge in [-0.25, -0.2) is 5.43 Å². The SMILES string of the molecule is COc1ccc(COc2ccc(C=NNC(=O)C(NC(=O)c3ccc(Cl)cc3)C(C)C)cc2)cc1. The molecule has 1 atom stereocenters. The number of amides is 2. The van der Waals surface area contributed by atoms with E-state index in [2.05, 4.69) is 15.8 Å². The summed E-state index contributed by atoms with van der Waals surface area (Å²) in [5.74, 6) is 0.617. The average molecular weight is 494 g/mol. The van der Waals surface area contributed by atoms with Gasteiger partial charge in [-0.05, 0) is 77.7 Å². The molecule has 0 aromatic heterocycles. The maximum atomic E-state index is 12.6. The van der Waals surface area contributed by atoms with E-state index in [4.69, 9.17) is 21.1 Å². The van der Waals surface area contributed by atoms with Crippen LogP contribution in [0.25, 0.3) is 0 Å². The lowest BCUT2D eigenvalue weighted by atomic mass is 10.0. The molecule has 35 heavy (non-hydrogen) atoms. The van der Waals surface area contributed by atoms with Gasteiger partial charge in [0.05, 0.1) is 13.3 Å². The predicted octanol–water partition coefficient (Wildman–Crippen LogP) is 4.83. The molecule has 0 bridgehead atoms. The molecular formula is C27H28ClN3O4. The van der Waals surface area contributed by atoms with Gasteiger partial charge in [0.2, 0.25) is 0 Å². The molecule has 2 N–H and O–H groups in total. The molecule has 3 rings (SSSR count). The van der Waals surface area contributed by atoms with Crippen molar-refractivity contribution in [1.29, 1.82) is 0 Å². The van der Waals surface area contributed by atoms with E-state index in [1.54, 1.807) is 31.4 Å². The molecule has 0 saturated carbocycles. The zero-order valence-corrected chi connectivity index (χ0v) is 20.6. The number of hydrogen-bond donors (Lipinski definition) is 2. The van der Waals surface area contributed by atoms with Crippen LogP contribution in [0.2, 0.25) is 5.02 Å². The van der Waals surface area contributed by atoms with Crippen molar-refractivity contribution in [2.45, 2.75) is 26.5 Å². The van der Waals surface area contributed by atoms with Gasteiger partial charge < -0.3 is 14.8 Å². The van der Waals surface area contributed by atoms with Crippen LogP contribution in [0.15, 0.2) is 77.9 Å². The highest BCUT2D eigenvalue weighted by atomic mass is 35.5. The fourth-order valence-corrected chi connectivity index (χ4v) is 3.27. The van der Waals surface area contributed by atoms with Crippen molar-refractivity contribution in [3.05, 3.63) is 94.5 Å². The lowest BCUT2D eigenvalue weighted by molar-refractivity contribution is -0.123. The number of rotatable bonds is 10. The van der Waals surface area contributed by atoms with Crippen molar-refractivity contribution in [2.75, 3.05) is 7.11 Å². The van der Waals surface area contributed by atoms with E-state index in [0.29, 0.717) is 22.9 Å². The van der Waals surface area contributed by atoms with Crippen molar-refractivity contribution >= 4 is 29.6 Å². The molecule has 8 heteroatoms. The van der Waals surface area contributed by atoms with Gasteiger partial charge in [0.25, 0.3) is 11.8 Å². The Balaban J connectivity index is 1.51. The lowest BCUT2D eigenvalue weighted by Crippen LogP contribution is -2.48. The molecule has 0 aliphatic heterocycles. The standard InChI is InChI=1S/C27H28ClN3O4/c1-18(2)25(30-26(32)21-8-10-22(28)11-9-21)27(33)31-29-16-19-4-14-24(15-5-19)35-17-20-6-12-23(34-3)13-7-20/h4-16,18,25H,17H2,1-3H3,(H,30,32)(H,31,33). The summed E-state index contributed by atoms with van der Waals surface area (Å²) in [5, 5.41) is 7.31. The third-order valence-electron chi connectivity index (χ3n) is 5.18. The molecule has 0 spiro atoms. The van der Waals surface area contributed by atoms with Crippen LogP contribution in [0.5, 0.6) is 11.5 Å². The van der Waals surface area contributed by atoms with Gasteiger partial charge in [-0.2, -0.15) is 5.10 Å². The van der Waals surface area contributed by atoms with Gasteiger partial charge in [0.1, 0.15) is 24.1 Å². The fourth-order valence-electron chi connectivity index (χ4n) is 3.14. The molecule has 0 saturated heterocycles. The number of methoxy groups -OCH3 is 1. The summed E-state index contributed by atoms with van der Waals surface area (Å²) in [7, 11) is 1.63. The molecule has 0 aliphatic carbocycles. The van der Waals surface area contributed by atoms with Crippen LogP contribution in [0.1, 0.15) is 35.3 Å². The maximum Gasteiger partial charge on any atom is 0.262 e. The molecule has 3 aromatic rings. The van der Waals surface area contributed by atoms with Crippen LogP contribution >= 0.6 is 11.6 Å². The first-order valence-electron chi connectivity index (χ1n) is 11.1. The summed E-state index contributed by atoms with van der Waals surface area (Å²) in [6.07, 6.45) is 1.53. The number of halogens is 1. The van der Waals surface area contributed by atoms with E-state index < -0.39 is 11.9 Å². The first-order valence-corrected chi connectivity index (χ1v) is 11.5. The number of nitrogens with zero attached hydrogens (tertiary/aromatic N) is 1. The molecule has 0 aliphatic rings. The average Bonchev–Trinajstić information content (AvgIpc) is 2.87. The summed E-state index contributed by atoms with van der Waals surface area (Å²) < 4.78 is 11.0. The summed E-state index contributed by atoms with van der Waals surface area (Å²) >= 11 is 5.87. The van der Waals surface area contributed by atoms with E-state index >= 15 is 0 Å². The third kappa shape index (κ3) is 7.86. The number of carbonyl (C=O) groups excluding carboxylic acids is 2. The van der Waals surface area contributed by atoms with Gasteiger partial charge in [-0.1, -0.05) is 37.6 Å². The van der Waals surface area contributed by atoms with Crippen LogP contribution in [0.4, 0.5) is 0 Å². The zero-order chi connectivity index (χ0) is 25.2. The molecule has 1 unspecified atom stereocenters. The number of hydrazone groups is 1. The van der Waals surface area contributed by atoms with Gasteiger partial charge >= 0.3 is 0 Å². The van der Waals surface area contributed by atoms with Gasteiger partial charge in [-0.15, -0.1) is 0 Å². The highest BCUT2D eigenvalue weighted by Gasteiger charge is 2.24. The van der Waals surface area contributed by atoms with Crippen LogP contribution in [-0.4, -0.2) is 31.2 Å². The van der Waals surface area contributed by atoms with Crippen LogP contribution in [-0.2, 0) is 11.4 Å². The molecule has 2 amide bonds. The second kappa shape index (κ2) is 12.6. The van der Waals surface area contributed by atoms with Crippen molar-refractivity contribution < 1.29 is 19.1 Å². The largest absolute Gasteiger partial charge is 0.497 e. The molecular weight excluding hydrogens is 466 g/mol. The number of carbonyl (C=O) groups is 2. The number of benzene rings is 3. The molecule has 0 radical (unpaired) electrons. The predicted molar refractivity (Wildman–Crippen MR) is 137 cm³/mol. The fraction of sp³-hybridized carbons (Fsp3) is 0.222. The first-order chi connectivity index (χ1) is 16.9. The second-order valence-electron chi connectivity index (χ2n) is 8.14. The van der Waals surface area contributed by atoms with Crippen LogP contribution in [0, 0.1) is 5.92 Å². The molecule has 3 aromatic carbocycles. The Labute approximate surface area is 210 Å². The van der Waals surface area contributed by atoms with Gasteiger partial charge in [-0.3, -0.25) is 9.59 Å². The minimum absolute atomic E-state index is 0.136. The van der Waals surface area contributed by atoms with E-state index in [1.807, 2.05) is 62.4 Å². The van der Waals surface area contributed by atoms with Gasteiger partial charge in [0, 0.05) is 10.6 Å². The minimum Gasteiger partial charge on any atom is -0.497 e. The van der Waals surface area contributed by atoms with Crippen molar-refractivity contribution in [3.8, 4) is 11.5 Å². The Bertz CT molecular complexity index is 1140. The Morgan fingerprint density at radius 2 is 1.57 bits per heavy atom. The third-order valence-corrected chi connectivity index (χ3v) is 5.43. The topological polar surface area (TPSA) is 89.0 Å². The summed E-state index contributed by atoms with van der Waals surface area (Å²) in [5.41, 5.74) is 4.74. The highest BCUT2D eigenvalue weighted by molar-refractivity contribution is 6.30. The Morgan fingerprint density at radius 1 is 0.943 bits per heavy atom. The van der Waals surface area contributed by atoms with Crippen molar-refractivity contribution in [3.63, 3.8) is 0 Å².